The third-order valence-electron chi connectivity index (χ3n) is 6.07. The lowest BCUT2D eigenvalue weighted by molar-refractivity contribution is -0.123. The van der Waals surface area contributed by atoms with Crippen LogP contribution in [0.4, 0.5) is 5.82 Å². The Hall–Kier alpha value is -2.15. The van der Waals surface area contributed by atoms with Gasteiger partial charge in [-0.25, -0.2) is 0 Å². The van der Waals surface area contributed by atoms with Crippen molar-refractivity contribution in [3.63, 3.8) is 0 Å². The van der Waals surface area contributed by atoms with E-state index in [1.165, 1.54) is 16.3 Å². The van der Waals surface area contributed by atoms with Crippen LogP contribution < -0.4 is 10.5 Å². The van der Waals surface area contributed by atoms with Crippen LogP contribution in [-0.2, 0) is 16.6 Å². The highest BCUT2D eigenvalue weighted by Crippen LogP contribution is 2.39. The summed E-state index contributed by atoms with van der Waals surface area (Å²) in [5.74, 6) is 0.641. The fourth-order valence-electron chi connectivity index (χ4n) is 4.46. The Morgan fingerprint density at radius 1 is 1.23 bits per heavy atom. The minimum Gasteiger partial charge on any atom is -0.378 e. The fourth-order valence-corrected chi connectivity index (χ4v) is 5.84. The Morgan fingerprint density at radius 2 is 1.90 bits per heavy atom. The molecular formula is C21H24N4O3S2. The molecule has 2 aliphatic heterocycles. The van der Waals surface area contributed by atoms with Crippen molar-refractivity contribution in [1.82, 2.24) is 9.47 Å². The number of anilines is 1. The van der Waals surface area contributed by atoms with Gasteiger partial charge in [0, 0.05) is 31.7 Å². The minimum absolute atomic E-state index is 0.0726. The van der Waals surface area contributed by atoms with Gasteiger partial charge in [-0.3, -0.25) is 19.1 Å². The van der Waals surface area contributed by atoms with E-state index >= 15 is 0 Å². The predicted molar refractivity (Wildman–Crippen MR) is 121 cm³/mol. The number of morpholine rings is 1. The van der Waals surface area contributed by atoms with Crippen LogP contribution in [0.1, 0.15) is 42.4 Å². The molecule has 0 spiro atoms. The van der Waals surface area contributed by atoms with Gasteiger partial charge in [0.25, 0.3) is 11.5 Å². The van der Waals surface area contributed by atoms with Gasteiger partial charge in [-0.1, -0.05) is 36.8 Å². The van der Waals surface area contributed by atoms with E-state index in [1.54, 1.807) is 18.9 Å². The van der Waals surface area contributed by atoms with Crippen molar-refractivity contribution in [2.45, 2.75) is 38.6 Å². The number of hydrogen-bond acceptors (Lipinski definition) is 7. The number of thiocarbonyl (C=S) groups is 1. The largest absolute Gasteiger partial charge is 0.378 e. The van der Waals surface area contributed by atoms with E-state index in [0.29, 0.717) is 46.9 Å². The number of nitrogens with zero attached hydrogens (tertiary/aromatic N) is 4. The highest BCUT2D eigenvalue weighted by Gasteiger charge is 2.38. The second-order valence-corrected chi connectivity index (χ2v) is 9.48. The van der Waals surface area contributed by atoms with Gasteiger partial charge < -0.3 is 9.64 Å². The van der Waals surface area contributed by atoms with Crippen molar-refractivity contribution in [3.05, 3.63) is 31.9 Å². The average Bonchev–Trinajstić information content (AvgIpc) is 3.35. The summed E-state index contributed by atoms with van der Waals surface area (Å²) in [6, 6.07) is 2.22. The first-order chi connectivity index (χ1) is 14.4. The third kappa shape index (κ3) is 3.57. The normalized spacial score (nSPS) is 21.7. The van der Waals surface area contributed by atoms with Crippen LogP contribution in [0.5, 0.6) is 0 Å². The summed E-state index contributed by atoms with van der Waals surface area (Å²) >= 11 is 6.83. The van der Waals surface area contributed by atoms with Gasteiger partial charge in [-0.2, -0.15) is 5.26 Å². The molecule has 9 heteroatoms. The zero-order valence-electron chi connectivity index (χ0n) is 17.1. The molecule has 1 aromatic rings. The van der Waals surface area contributed by atoms with E-state index in [1.807, 2.05) is 12.1 Å². The molecular weight excluding hydrogens is 420 g/mol. The summed E-state index contributed by atoms with van der Waals surface area (Å²) in [6.07, 6.45) is 6.02. The Bertz CT molecular complexity index is 1030. The monoisotopic (exact) mass is 444 g/mol. The van der Waals surface area contributed by atoms with Gasteiger partial charge in [-0.15, -0.1) is 0 Å². The number of carbonyl (C=O) groups is 1. The van der Waals surface area contributed by atoms with E-state index in [0.717, 1.165) is 31.2 Å². The van der Waals surface area contributed by atoms with Crippen molar-refractivity contribution >= 4 is 46.1 Å². The van der Waals surface area contributed by atoms with Crippen LogP contribution in [-0.4, -0.2) is 52.0 Å². The standard InChI is InChI=1S/C21H24N4O3S2/c1-13-15(11-17-20(27)25(21(29)30-17)14-5-3-4-6-14)18(24-7-9-28-10-8-24)23(2)19(26)16(13)12-22/h11,14H,3-10H2,1-2H3/b17-11-. The molecule has 0 unspecified atom stereocenters. The molecule has 2 saturated heterocycles. The molecule has 158 valence electrons. The number of aromatic nitrogens is 1. The van der Waals surface area contributed by atoms with Gasteiger partial charge in [0.15, 0.2) is 0 Å². The van der Waals surface area contributed by atoms with E-state index in [9.17, 15) is 14.9 Å². The quantitative estimate of drug-likeness (QED) is 0.524. The number of rotatable bonds is 3. The first-order valence-corrected chi connectivity index (χ1v) is 11.4. The van der Waals surface area contributed by atoms with Crippen molar-refractivity contribution in [2.75, 3.05) is 31.2 Å². The van der Waals surface area contributed by atoms with Crippen LogP contribution in [0, 0.1) is 18.3 Å². The number of nitriles is 1. The summed E-state index contributed by atoms with van der Waals surface area (Å²) in [6.45, 7) is 4.19. The van der Waals surface area contributed by atoms with Gasteiger partial charge in [0.2, 0.25) is 0 Å². The van der Waals surface area contributed by atoms with Crippen molar-refractivity contribution < 1.29 is 9.53 Å². The van der Waals surface area contributed by atoms with Crippen LogP contribution in [0.15, 0.2) is 9.70 Å². The molecule has 1 amide bonds. The van der Waals surface area contributed by atoms with E-state index in [-0.39, 0.29) is 23.1 Å². The van der Waals surface area contributed by atoms with E-state index in [2.05, 4.69) is 4.90 Å². The molecule has 0 bridgehead atoms. The summed E-state index contributed by atoms with van der Waals surface area (Å²) in [5, 5.41) is 9.57. The maximum absolute atomic E-state index is 13.2. The highest BCUT2D eigenvalue weighted by atomic mass is 32.2. The number of pyridine rings is 1. The summed E-state index contributed by atoms with van der Waals surface area (Å²) in [7, 11) is 1.68. The van der Waals surface area contributed by atoms with E-state index < -0.39 is 0 Å². The van der Waals surface area contributed by atoms with Crippen LogP contribution in [0.2, 0.25) is 0 Å². The van der Waals surface area contributed by atoms with Gasteiger partial charge >= 0.3 is 0 Å². The molecule has 4 rings (SSSR count). The molecule has 3 aliphatic rings. The lowest BCUT2D eigenvalue weighted by Crippen LogP contribution is -2.40. The summed E-state index contributed by atoms with van der Waals surface area (Å²) in [4.78, 5) is 30.4. The Morgan fingerprint density at radius 3 is 2.53 bits per heavy atom. The molecule has 1 aromatic heterocycles. The topological polar surface area (TPSA) is 78.6 Å². The average molecular weight is 445 g/mol. The van der Waals surface area contributed by atoms with Crippen LogP contribution >= 0.6 is 24.0 Å². The fraction of sp³-hybridized carbons (Fsp3) is 0.524. The number of carbonyl (C=O) groups excluding carboxylic acids is 1. The van der Waals surface area contributed by atoms with Crippen molar-refractivity contribution in [1.29, 1.82) is 5.26 Å². The van der Waals surface area contributed by atoms with E-state index in [4.69, 9.17) is 17.0 Å². The maximum Gasteiger partial charge on any atom is 0.270 e. The van der Waals surface area contributed by atoms with Crippen LogP contribution in [0.25, 0.3) is 6.08 Å². The number of ether oxygens (including phenoxy) is 1. The number of thioether (sulfide) groups is 1. The van der Waals surface area contributed by atoms with Crippen LogP contribution in [0.3, 0.4) is 0 Å². The molecule has 1 saturated carbocycles. The molecule has 3 fully saturated rings. The third-order valence-corrected chi connectivity index (χ3v) is 7.40. The predicted octanol–water partition coefficient (Wildman–Crippen LogP) is 2.55. The summed E-state index contributed by atoms with van der Waals surface area (Å²) in [5.41, 5.74) is 1.09. The lowest BCUT2D eigenvalue weighted by atomic mass is 10.0. The van der Waals surface area contributed by atoms with Gasteiger partial charge in [0.1, 0.15) is 21.8 Å². The molecule has 0 aromatic carbocycles. The first kappa shape index (κ1) is 21.1. The SMILES string of the molecule is Cc1c(/C=C2\SC(=S)N(C3CCCC3)C2=O)c(N2CCOCC2)n(C)c(=O)c1C#N. The molecule has 1 aliphatic carbocycles. The molecule has 3 heterocycles. The Balaban J connectivity index is 1.82. The zero-order valence-corrected chi connectivity index (χ0v) is 18.8. The minimum atomic E-state index is -0.327. The van der Waals surface area contributed by atoms with Crippen molar-refractivity contribution in [3.8, 4) is 6.07 Å². The van der Waals surface area contributed by atoms with Gasteiger partial charge in [0.05, 0.1) is 18.1 Å². The number of amides is 1. The number of hydrogen-bond donors (Lipinski definition) is 0. The first-order valence-electron chi connectivity index (χ1n) is 10.2. The zero-order chi connectivity index (χ0) is 21.4. The maximum atomic E-state index is 13.2. The van der Waals surface area contributed by atoms with Gasteiger partial charge in [-0.05, 0) is 31.4 Å². The second-order valence-electron chi connectivity index (χ2n) is 7.80. The molecule has 0 radical (unpaired) electrons. The Labute approximate surface area is 185 Å². The molecule has 7 nitrogen and oxygen atoms in total. The molecule has 0 atom stereocenters. The lowest BCUT2D eigenvalue weighted by Gasteiger charge is -2.32. The molecule has 30 heavy (non-hydrogen) atoms. The highest BCUT2D eigenvalue weighted by molar-refractivity contribution is 8.26. The second kappa shape index (κ2) is 8.53. The van der Waals surface area contributed by atoms with Crippen molar-refractivity contribution in [2.24, 2.45) is 7.05 Å². The smallest absolute Gasteiger partial charge is 0.270 e. The summed E-state index contributed by atoms with van der Waals surface area (Å²) < 4.78 is 7.57. The molecule has 0 N–H and O–H groups in total. The Kier molecular flexibility index (Phi) is 6.00.